The number of amides is 2. The number of benzene rings is 1. The van der Waals surface area contributed by atoms with Gasteiger partial charge in [-0.2, -0.15) is 0 Å². The lowest BCUT2D eigenvalue weighted by Crippen LogP contribution is -2.32. The Kier molecular flexibility index (Phi) is 2.84. The Labute approximate surface area is 111 Å². The number of carbonyl (C=O) groups is 2. The molecule has 0 aromatic heterocycles. The van der Waals surface area contributed by atoms with Gasteiger partial charge in [0.25, 0.3) is 0 Å². The second-order valence-electron chi connectivity index (χ2n) is 4.91. The third kappa shape index (κ3) is 2.13. The second-order valence-corrected chi connectivity index (χ2v) is 4.91. The molecule has 2 N–H and O–H groups in total. The molecular weight excluding hydrogens is 240 g/mol. The number of nitrogens with zero attached hydrogens (tertiary/aromatic N) is 1. The van der Waals surface area contributed by atoms with E-state index in [0.29, 0.717) is 13.1 Å². The largest absolute Gasteiger partial charge is 0.320 e. The van der Waals surface area contributed by atoms with E-state index >= 15 is 0 Å². The molecule has 4 heteroatoms. The molecule has 0 spiro atoms. The molecule has 1 heterocycles. The summed E-state index contributed by atoms with van der Waals surface area (Å²) in [4.78, 5) is 25.1. The monoisotopic (exact) mass is 254 g/mol. The summed E-state index contributed by atoms with van der Waals surface area (Å²) in [6.45, 7) is 0.705. The van der Waals surface area contributed by atoms with Crippen LogP contribution in [0.4, 0.5) is 0 Å². The van der Waals surface area contributed by atoms with Crippen LogP contribution in [0.2, 0.25) is 0 Å². The number of hydrogen-bond acceptors (Lipinski definition) is 3. The molecule has 1 aromatic carbocycles. The average Bonchev–Trinajstić information content (AvgIpc) is 3.18. The highest BCUT2D eigenvalue weighted by molar-refractivity contribution is 6.08. The number of rotatable bonds is 2. The van der Waals surface area contributed by atoms with Gasteiger partial charge in [-0.3, -0.25) is 14.5 Å². The molecule has 96 valence electrons. The van der Waals surface area contributed by atoms with E-state index < -0.39 is 0 Å². The topological polar surface area (TPSA) is 63.4 Å². The van der Waals surface area contributed by atoms with E-state index in [-0.39, 0.29) is 23.7 Å². The van der Waals surface area contributed by atoms with Gasteiger partial charge in [-0.25, -0.2) is 0 Å². The lowest BCUT2D eigenvalue weighted by Gasteiger charge is -2.16. The Morgan fingerprint density at radius 3 is 2.37 bits per heavy atom. The van der Waals surface area contributed by atoms with E-state index in [4.69, 9.17) is 5.73 Å². The Bertz CT molecular complexity index is 575. The second kappa shape index (κ2) is 4.52. The van der Waals surface area contributed by atoms with Crippen molar-refractivity contribution >= 4 is 11.8 Å². The standard InChI is InChI=1S/C15H14N2O2/c16-7-1-2-10-3-5-11(6-4-10)9-17-14(18)12-8-13(12)15(17)19/h3-6,12-13H,7-9,16H2. The molecule has 2 fully saturated rings. The highest BCUT2D eigenvalue weighted by Gasteiger charge is 2.58. The molecule has 1 aliphatic carbocycles. The lowest BCUT2D eigenvalue weighted by atomic mass is 10.1. The normalized spacial score (nSPS) is 23.9. The van der Waals surface area contributed by atoms with Crippen molar-refractivity contribution < 1.29 is 9.59 Å². The van der Waals surface area contributed by atoms with Crippen molar-refractivity contribution in [2.75, 3.05) is 6.54 Å². The number of fused-ring (bicyclic) bond motifs is 1. The first kappa shape index (κ1) is 11.9. The number of carbonyl (C=O) groups excluding carboxylic acids is 2. The van der Waals surface area contributed by atoms with Crippen molar-refractivity contribution in [1.82, 2.24) is 4.90 Å². The maximum atomic E-state index is 11.8. The van der Waals surface area contributed by atoms with Crippen molar-refractivity contribution in [3.63, 3.8) is 0 Å². The van der Waals surface area contributed by atoms with E-state index in [0.717, 1.165) is 17.5 Å². The molecule has 0 bridgehead atoms. The number of likely N-dealkylation sites (tertiary alicyclic amines) is 1. The van der Waals surface area contributed by atoms with Crippen molar-refractivity contribution in [2.24, 2.45) is 17.6 Å². The van der Waals surface area contributed by atoms with Gasteiger partial charge < -0.3 is 5.73 Å². The Morgan fingerprint density at radius 1 is 1.16 bits per heavy atom. The van der Waals surface area contributed by atoms with Crippen molar-refractivity contribution in [3.05, 3.63) is 35.4 Å². The van der Waals surface area contributed by atoms with Crippen LogP contribution in [-0.2, 0) is 16.1 Å². The van der Waals surface area contributed by atoms with Crippen LogP contribution in [0.1, 0.15) is 17.5 Å². The van der Waals surface area contributed by atoms with E-state index in [1.807, 2.05) is 24.3 Å². The minimum atomic E-state index is -0.0257. The van der Waals surface area contributed by atoms with Gasteiger partial charge in [0.2, 0.25) is 11.8 Å². The fourth-order valence-electron chi connectivity index (χ4n) is 2.43. The fourth-order valence-corrected chi connectivity index (χ4v) is 2.43. The molecule has 2 unspecified atom stereocenters. The minimum absolute atomic E-state index is 0.0120. The smallest absolute Gasteiger partial charge is 0.233 e. The highest BCUT2D eigenvalue weighted by Crippen LogP contribution is 2.47. The third-order valence-electron chi connectivity index (χ3n) is 3.59. The van der Waals surface area contributed by atoms with Crippen LogP contribution in [0, 0.1) is 23.7 Å². The molecule has 2 amide bonds. The predicted octanol–water partition coefficient (Wildman–Crippen LogP) is 0.502. The molecule has 2 atom stereocenters. The van der Waals surface area contributed by atoms with E-state index in [1.54, 1.807) is 0 Å². The maximum absolute atomic E-state index is 11.8. The minimum Gasteiger partial charge on any atom is -0.320 e. The Hall–Kier alpha value is -2.12. The molecule has 3 rings (SSSR count). The Morgan fingerprint density at radius 2 is 1.79 bits per heavy atom. The summed E-state index contributed by atoms with van der Waals surface area (Å²) in [5, 5.41) is 0. The molecular formula is C15H14N2O2. The zero-order valence-corrected chi connectivity index (χ0v) is 10.4. The fraction of sp³-hybridized carbons (Fsp3) is 0.333. The average molecular weight is 254 g/mol. The van der Waals surface area contributed by atoms with Gasteiger partial charge in [-0.15, -0.1) is 0 Å². The number of nitrogens with two attached hydrogens (primary N) is 1. The molecule has 1 saturated carbocycles. The van der Waals surface area contributed by atoms with Crippen LogP contribution in [0.3, 0.4) is 0 Å². The summed E-state index contributed by atoms with van der Waals surface area (Å²) >= 11 is 0. The number of piperidine rings is 1. The van der Waals surface area contributed by atoms with E-state index in [9.17, 15) is 9.59 Å². The lowest BCUT2D eigenvalue weighted by molar-refractivity contribution is -0.142. The van der Waals surface area contributed by atoms with E-state index in [2.05, 4.69) is 11.8 Å². The number of hydrogen-bond donors (Lipinski definition) is 1. The summed E-state index contributed by atoms with van der Waals surface area (Å²) in [6, 6.07) is 7.55. The van der Waals surface area contributed by atoms with Gasteiger partial charge in [-0.1, -0.05) is 24.0 Å². The molecule has 2 aliphatic rings. The third-order valence-corrected chi connectivity index (χ3v) is 3.59. The number of imide groups is 1. The molecule has 1 aromatic rings. The SMILES string of the molecule is NCC#Cc1ccc(CN2C(=O)C3CC3C2=O)cc1. The molecule has 19 heavy (non-hydrogen) atoms. The summed E-state index contributed by atoms with van der Waals surface area (Å²) < 4.78 is 0. The summed E-state index contributed by atoms with van der Waals surface area (Å²) in [5.41, 5.74) is 7.14. The maximum Gasteiger partial charge on any atom is 0.233 e. The van der Waals surface area contributed by atoms with Gasteiger partial charge in [0.1, 0.15) is 0 Å². The first-order valence-electron chi connectivity index (χ1n) is 6.34. The molecule has 4 nitrogen and oxygen atoms in total. The summed E-state index contributed by atoms with van der Waals surface area (Å²) in [7, 11) is 0. The molecule has 1 aliphatic heterocycles. The van der Waals surface area contributed by atoms with Crippen molar-refractivity contribution in [3.8, 4) is 11.8 Å². The van der Waals surface area contributed by atoms with Gasteiger partial charge in [0.05, 0.1) is 24.9 Å². The van der Waals surface area contributed by atoms with Gasteiger partial charge in [0, 0.05) is 5.56 Å². The van der Waals surface area contributed by atoms with E-state index in [1.165, 1.54) is 4.90 Å². The van der Waals surface area contributed by atoms with Gasteiger partial charge >= 0.3 is 0 Å². The zero-order chi connectivity index (χ0) is 13.4. The molecule has 1 saturated heterocycles. The van der Waals surface area contributed by atoms with Crippen LogP contribution < -0.4 is 5.73 Å². The first-order valence-corrected chi connectivity index (χ1v) is 6.34. The van der Waals surface area contributed by atoms with Gasteiger partial charge in [0.15, 0.2) is 0 Å². The van der Waals surface area contributed by atoms with Crippen molar-refractivity contribution in [2.45, 2.75) is 13.0 Å². The predicted molar refractivity (Wildman–Crippen MR) is 69.5 cm³/mol. The highest BCUT2D eigenvalue weighted by atomic mass is 16.2. The zero-order valence-electron chi connectivity index (χ0n) is 10.4. The molecule has 0 radical (unpaired) electrons. The quantitative estimate of drug-likeness (QED) is 0.617. The summed E-state index contributed by atoms with van der Waals surface area (Å²) in [6.07, 6.45) is 0.752. The van der Waals surface area contributed by atoms with Crippen LogP contribution in [0.15, 0.2) is 24.3 Å². The van der Waals surface area contributed by atoms with Gasteiger partial charge in [-0.05, 0) is 24.1 Å². The first-order chi connectivity index (χ1) is 9.20. The summed E-state index contributed by atoms with van der Waals surface area (Å²) in [5.74, 6) is 5.64. The Balaban J connectivity index is 1.70. The van der Waals surface area contributed by atoms with Crippen molar-refractivity contribution in [1.29, 1.82) is 0 Å². The van der Waals surface area contributed by atoms with Crippen LogP contribution >= 0.6 is 0 Å². The van der Waals surface area contributed by atoms with Crippen LogP contribution in [0.25, 0.3) is 0 Å². The van der Waals surface area contributed by atoms with Crippen LogP contribution in [-0.4, -0.2) is 23.3 Å². The van der Waals surface area contributed by atoms with Crippen LogP contribution in [0.5, 0.6) is 0 Å².